The quantitative estimate of drug-likeness (QED) is 0.533. The van der Waals surface area contributed by atoms with E-state index in [1.807, 2.05) is 30.3 Å². The van der Waals surface area contributed by atoms with E-state index in [-0.39, 0.29) is 13.2 Å². The van der Waals surface area contributed by atoms with Gasteiger partial charge in [0.2, 0.25) is 0 Å². The Bertz CT molecular complexity index is 368. The number of rotatable bonds is 6. The maximum atomic E-state index is 10.3. The molecular formula is C14H24N2O3. The van der Waals surface area contributed by atoms with E-state index < -0.39 is 11.4 Å². The number of hydrogen-bond donors (Lipinski definition) is 3. The average Bonchev–Trinajstić information content (AvgIpc) is 2.26. The molecule has 0 atom stereocenters. The number of nitrogens with zero attached hydrogens (tertiary/aromatic N) is 2. The number of para-hydroxylation sites is 1. The first kappa shape index (κ1) is 15.9. The highest BCUT2D eigenvalue weighted by Crippen LogP contribution is 2.28. The SMILES string of the molecule is CC(C)(O)N(N(CCO)c1ccccc1)C(C)(C)O. The number of hydrazine groups is 1. The first-order chi connectivity index (χ1) is 8.68. The first-order valence-corrected chi connectivity index (χ1v) is 6.36. The van der Waals surface area contributed by atoms with Crippen LogP contribution in [-0.2, 0) is 0 Å². The van der Waals surface area contributed by atoms with Crippen molar-refractivity contribution in [3.8, 4) is 0 Å². The fourth-order valence-electron chi connectivity index (χ4n) is 2.30. The molecular weight excluding hydrogens is 244 g/mol. The zero-order valence-corrected chi connectivity index (χ0v) is 12.0. The lowest BCUT2D eigenvalue weighted by Crippen LogP contribution is -2.64. The molecule has 0 spiro atoms. The molecule has 0 aliphatic carbocycles. The third-order valence-corrected chi connectivity index (χ3v) is 2.64. The molecule has 0 saturated heterocycles. The van der Waals surface area contributed by atoms with Crippen molar-refractivity contribution in [3.05, 3.63) is 30.3 Å². The van der Waals surface area contributed by atoms with E-state index in [9.17, 15) is 15.3 Å². The van der Waals surface area contributed by atoms with Gasteiger partial charge < -0.3 is 15.3 Å². The van der Waals surface area contributed by atoms with Gasteiger partial charge in [0.25, 0.3) is 0 Å². The second-order valence-corrected chi connectivity index (χ2v) is 5.48. The van der Waals surface area contributed by atoms with Crippen molar-refractivity contribution in [1.82, 2.24) is 5.01 Å². The Morgan fingerprint density at radius 3 is 1.79 bits per heavy atom. The molecule has 0 bridgehead atoms. The maximum absolute atomic E-state index is 10.3. The van der Waals surface area contributed by atoms with Gasteiger partial charge in [-0.1, -0.05) is 18.2 Å². The molecule has 108 valence electrons. The number of benzene rings is 1. The second-order valence-electron chi connectivity index (χ2n) is 5.48. The monoisotopic (exact) mass is 268 g/mol. The molecule has 5 heteroatoms. The molecule has 0 aliphatic heterocycles. The minimum atomic E-state index is -1.27. The van der Waals surface area contributed by atoms with Gasteiger partial charge >= 0.3 is 0 Å². The van der Waals surface area contributed by atoms with E-state index in [1.165, 1.54) is 5.01 Å². The van der Waals surface area contributed by atoms with Crippen LogP contribution >= 0.6 is 0 Å². The number of hydrogen-bond acceptors (Lipinski definition) is 5. The van der Waals surface area contributed by atoms with Crippen LogP contribution in [0.2, 0.25) is 0 Å². The predicted molar refractivity (Wildman–Crippen MR) is 75.3 cm³/mol. The summed E-state index contributed by atoms with van der Waals surface area (Å²) in [6.45, 7) is 6.57. The molecule has 1 aromatic carbocycles. The van der Waals surface area contributed by atoms with Gasteiger partial charge in [-0.05, 0) is 39.8 Å². The van der Waals surface area contributed by atoms with Crippen LogP contribution < -0.4 is 5.01 Å². The predicted octanol–water partition coefficient (Wildman–Crippen LogP) is 1.16. The normalized spacial score (nSPS) is 12.8. The van der Waals surface area contributed by atoms with Gasteiger partial charge in [-0.25, -0.2) is 0 Å². The Morgan fingerprint density at radius 1 is 0.947 bits per heavy atom. The van der Waals surface area contributed by atoms with Crippen molar-refractivity contribution in [1.29, 1.82) is 0 Å². The van der Waals surface area contributed by atoms with Crippen molar-refractivity contribution >= 4 is 5.69 Å². The van der Waals surface area contributed by atoms with Crippen LogP contribution in [0.3, 0.4) is 0 Å². The molecule has 0 radical (unpaired) electrons. The average molecular weight is 268 g/mol. The van der Waals surface area contributed by atoms with Crippen LogP contribution in [0.4, 0.5) is 5.69 Å². The third-order valence-electron chi connectivity index (χ3n) is 2.64. The van der Waals surface area contributed by atoms with Gasteiger partial charge in [-0.15, -0.1) is 0 Å². The summed E-state index contributed by atoms with van der Waals surface area (Å²) >= 11 is 0. The Labute approximate surface area is 114 Å². The van der Waals surface area contributed by atoms with Crippen molar-refractivity contribution < 1.29 is 15.3 Å². The largest absolute Gasteiger partial charge is 0.394 e. The van der Waals surface area contributed by atoms with E-state index in [1.54, 1.807) is 32.7 Å². The number of aliphatic hydroxyl groups is 3. The van der Waals surface area contributed by atoms with Gasteiger partial charge in [-0.3, -0.25) is 5.01 Å². The summed E-state index contributed by atoms with van der Waals surface area (Å²) in [5, 5.41) is 33.0. The minimum absolute atomic E-state index is 0.0858. The second kappa shape index (κ2) is 5.88. The molecule has 0 amide bonds. The molecule has 0 aromatic heterocycles. The van der Waals surface area contributed by atoms with Gasteiger partial charge in [0.05, 0.1) is 18.8 Å². The fraction of sp³-hybridized carbons (Fsp3) is 0.571. The minimum Gasteiger partial charge on any atom is -0.394 e. The van der Waals surface area contributed by atoms with Gasteiger partial charge in [0.15, 0.2) is 0 Å². The number of anilines is 1. The lowest BCUT2D eigenvalue weighted by molar-refractivity contribution is -0.206. The van der Waals surface area contributed by atoms with Crippen molar-refractivity contribution in [2.75, 3.05) is 18.2 Å². The van der Waals surface area contributed by atoms with Crippen LogP contribution in [-0.4, -0.2) is 44.9 Å². The standard InChI is InChI=1S/C14H24N2O3/c1-13(2,18)16(14(3,4)19)15(10-11-17)12-8-6-5-7-9-12/h5-9,17-19H,10-11H2,1-4H3. The summed E-state index contributed by atoms with van der Waals surface area (Å²) < 4.78 is 0. The summed E-state index contributed by atoms with van der Waals surface area (Å²) in [6.07, 6.45) is 0. The Morgan fingerprint density at radius 2 is 1.42 bits per heavy atom. The molecule has 0 heterocycles. The molecule has 3 N–H and O–H groups in total. The summed E-state index contributed by atoms with van der Waals surface area (Å²) in [4.78, 5) is 0. The highest BCUT2D eigenvalue weighted by atomic mass is 16.4. The number of aliphatic hydroxyl groups excluding tert-OH is 1. The zero-order chi connectivity index (χ0) is 14.7. The van der Waals surface area contributed by atoms with Crippen molar-refractivity contribution in [2.45, 2.75) is 39.1 Å². The van der Waals surface area contributed by atoms with Crippen LogP contribution in [0.5, 0.6) is 0 Å². The lowest BCUT2D eigenvalue weighted by atomic mass is 10.2. The van der Waals surface area contributed by atoms with Crippen LogP contribution in [0, 0.1) is 0 Å². The first-order valence-electron chi connectivity index (χ1n) is 6.36. The zero-order valence-electron chi connectivity index (χ0n) is 12.0. The van der Waals surface area contributed by atoms with Crippen molar-refractivity contribution in [3.63, 3.8) is 0 Å². The lowest BCUT2D eigenvalue weighted by Gasteiger charge is -2.49. The van der Waals surface area contributed by atoms with E-state index >= 15 is 0 Å². The van der Waals surface area contributed by atoms with Crippen LogP contribution in [0.25, 0.3) is 0 Å². The van der Waals surface area contributed by atoms with Gasteiger partial charge in [-0.2, -0.15) is 5.01 Å². The van der Waals surface area contributed by atoms with E-state index in [4.69, 9.17) is 0 Å². The Balaban J connectivity index is 3.21. The van der Waals surface area contributed by atoms with Crippen LogP contribution in [0.1, 0.15) is 27.7 Å². The summed E-state index contributed by atoms with van der Waals surface area (Å²) in [5.41, 5.74) is -1.76. The van der Waals surface area contributed by atoms with E-state index in [2.05, 4.69) is 0 Å². The molecule has 5 nitrogen and oxygen atoms in total. The molecule has 1 aromatic rings. The van der Waals surface area contributed by atoms with Gasteiger partial charge in [0, 0.05) is 0 Å². The molecule has 0 aliphatic rings. The fourth-order valence-corrected chi connectivity index (χ4v) is 2.30. The summed E-state index contributed by atoms with van der Waals surface area (Å²) in [7, 11) is 0. The molecule has 0 fully saturated rings. The molecule has 19 heavy (non-hydrogen) atoms. The highest BCUT2D eigenvalue weighted by molar-refractivity contribution is 5.45. The van der Waals surface area contributed by atoms with Gasteiger partial charge in [0.1, 0.15) is 11.4 Å². The topological polar surface area (TPSA) is 67.2 Å². The van der Waals surface area contributed by atoms with E-state index in [0.29, 0.717) is 0 Å². The Kier molecular flexibility index (Phi) is 4.92. The smallest absolute Gasteiger partial charge is 0.132 e. The maximum Gasteiger partial charge on any atom is 0.132 e. The highest BCUT2D eigenvalue weighted by Gasteiger charge is 2.39. The van der Waals surface area contributed by atoms with Crippen molar-refractivity contribution in [2.24, 2.45) is 0 Å². The molecule has 1 rings (SSSR count). The molecule has 0 saturated carbocycles. The summed E-state index contributed by atoms with van der Waals surface area (Å²) in [6, 6.07) is 9.35. The summed E-state index contributed by atoms with van der Waals surface area (Å²) in [5.74, 6) is 0. The third kappa shape index (κ3) is 4.18. The van der Waals surface area contributed by atoms with Crippen LogP contribution in [0.15, 0.2) is 30.3 Å². The Hall–Kier alpha value is -1.14. The van der Waals surface area contributed by atoms with E-state index in [0.717, 1.165) is 5.69 Å². The molecule has 0 unspecified atom stereocenters.